The molecular formula is C16H24N2O3S2. The van der Waals surface area contributed by atoms with E-state index >= 15 is 0 Å². The van der Waals surface area contributed by atoms with Gasteiger partial charge in [0.1, 0.15) is 0 Å². The van der Waals surface area contributed by atoms with Crippen molar-refractivity contribution in [1.82, 2.24) is 9.21 Å². The van der Waals surface area contributed by atoms with Gasteiger partial charge in [-0.2, -0.15) is 16.1 Å². The van der Waals surface area contributed by atoms with E-state index in [9.17, 15) is 13.2 Å². The molecule has 0 aliphatic carbocycles. The third-order valence-corrected chi connectivity index (χ3v) is 6.73. The molecule has 0 bridgehead atoms. The van der Waals surface area contributed by atoms with Crippen LogP contribution in [0.5, 0.6) is 0 Å². The summed E-state index contributed by atoms with van der Waals surface area (Å²) in [6.45, 7) is 3.37. The number of hydrogen-bond acceptors (Lipinski definition) is 4. The topological polar surface area (TPSA) is 57.7 Å². The zero-order valence-electron chi connectivity index (χ0n) is 13.9. The predicted molar refractivity (Wildman–Crippen MR) is 95.0 cm³/mol. The van der Waals surface area contributed by atoms with Crippen LogP contribution in [0.4, 0.5) is 0 Å². The highest BCUT2D eigenvalue weighted by Crippen LogP contribution is 2.35. The molecule has 1 aromatic carbocycles. The second kappa shape index (κ2) is 7.68. The van der Waals surface area contributed by atoms with Crippen LogP contribution >= 0.6 is 11.8 Å². The van der Waals surface area contributed by atoms with Crippen LogP contribution in [-0.2, 0) is 14.8 Å². The molecule has 0 radical (unpaired) electrons. The fourth-order valence-corrected chi connectivity index (χ4v) is 4.30. The first-order valence-corrected chi connectivity index (χ1v) is 10.5. The number of carbonyl (C=O) groups is 1. The molecule has 7 heteroatoms. The van der Waals surface area contributed by atoms with Crippen molar-refractivity contribution in [2.45, 2.75) is 18.6 Å². The smallest absolute Gasteiger partial charge is 0.237 e. The molecule has 128 valence electrons. The lowest BCUT2D eigenvalue weighted by molar-refractivity contribution is -0.130. The standard InChI is InChI=1S/C16H24N2O3S2/c1-13-6-4-5-7-14(13)15-8-9-18(10-11-22-15)16(19)12-17(2)23(3,20)21/h4-7,15H,8-12H2,1-3H3. The number of thioether (sulfide) groups is 1. The molecule has 5 nitrogen and oxygen atoms in total. The fraction of sp³-hybridized carbons (Fsp3) is 0.562. The molecule has 1 heterocycles. The fourth-order valence-electron chi connectivity index (χ4n) is 2.62. The Kier molecular flexibility index (Phi) is 6.11. The maximum Gasteiger partial charge on any atom is 0.237 e. The Bertz CT molecular complexity index is 661. The van der Waals surface area contributed by atoms with Gasteiger partial charge in [-0.3, -0.25) is 4.79 Å². The molecule has 0 spiro atoms. The van der Waals surface area contributed by atoms with Gasteiger partial charge in [0, 0.05) is 31.1 Å². The first kappa shape index (κ1) is 18.3. The van der Waals surface area contributed by atoms with Gasteiger partial charge in [0.05, 0.1) is 12.8 Å². The summed E-state index contributed by atoms with van der Waals surface area (Å²) >= 11 is 1.87. The van der Waals surface area contributed by atoms with Gasteiger partial charge in [-0.15, -0.1) is 0 Å². The van der Waals surface area contributed by atoms with Crippen LogP contribution in [-0.4, -0.2) is 62.2 Å². The highest BCUT2D eigenvalue weighted by molar-refractivity contribution is 7.99. The summed E-state index contributed by atoms with van der Waals surface area (Å²) < 4.78 is 24.0. The molecule has 1 amide bonds. The van der Waals surface area contributed by atoms with Gasteiger partial charge in [0.15, 0.2) is 0 Å². The van der Waals surface area contributed by atoms with Crippen molar-refractivity contribution in [3.05, 3.63) is 35.4 Å². The molecule has 0 N–H and O–H groups in total. The Morgan fingerprint density at radius 1 is 1.35 bits per heavy atom. The molecular weight excluding hydrogens is 332 g/mol. The first-order valence-electron chi connectivity index (χ1n) is 7.65. The van der Waals surface area contributed by atoms with Crippen LogP contribution in [0.15, 0.2) is 24.3 Å². The van der Waals surface area contributed by atoms with E-state index in [1.54, 1.807) is 4.90 Å². The van der Waals surface area contributed by atoms with Crippen LogP contribution in [0.2, 0.25) is 0 Å². The van der Waals surface area contributed by atoms with Gasteiger partial charge in [-0.25, -0.2) is 8.42 Å². The summed E-state index contributed by atoms with van der Waals surface area (Å²) in [5, 5.41) is 0.390. The summed E-state index contributed by atoms with van der Waals surface area (Å²) in [6, 6.07) is 8.36. The molecule has 0 saturated carbocycles. The summed E-state index contributed by atoms with van der Waals surface area (Å²) in [7, 11) is -1.88. The molecule has 0 aromatic heterocycles. The monoisotopic (exact) mass is 356 g/mol. The Labute approximate surface area is 143 Å². The van der Waals surface area contributed by atoms with E-state index in [-0.39, 0.29) is 12.5 Å². The van der Waals surface area contributed by atoms with Gasteiger partial charge in [0.2, 0.25) is 15.9 Å². The SMILES string of the molecule is Cc1ccccc1C1CCN(C(=O)CN(C)S(C)(=O)=O)CCS1. The van der Waals surface area contributed by atoms with E-state index in [0.717, 1.165) is 22.7 Å². The molecule has 1 fully saturated rings. The maximum absolute atomic E-state index is 12.3. The molecule has 1 atom stereocenters. The van der Waals surface area contributed by atoms with Crippen molar-refractivity contribution >= 4 is 27.7 Å². The average molecular weight is 357 g/mol. The number of sulfonamides is 1. The molecule has 1 unspecified atom stereocenters. The van der Waals surface area contributed by atoms with Crippen molar-refractivity contribution < 1.29 is 13.2 Å². The van der Waals surface area contributed by atoms with E-state index in [1.165, 1.54) is 18.2 Å². The number of hydrogen-bond donors (Lipinski definition) is 0. The Morgan fingerprint density at radius 2 is 2.04 bits per heavy atom. The molecule has 1 aromatic rings. The summed E-state index contributed by atoms with van der Waals surface area (Å²) in [5.41, 5.74) is 2.61. The zero-order valence-corrected chi connectivity index (χ0v) is 15.5. The number of likely N-dealkylation sites (N-methyl/N-ethyl adjacent to an activating group) is 1. The predicted octanol–water partition coefficient (Wildman–Crippen LogP) is 1.89. The van der Waals surface area contributed by atoms with Crippen molar-refractivity contribution in [3.8, 4) is 0 Å². The highest BCUT2D eigenvalue weighted by atomic mass is 32.2. The lowest BCUT2D eigenvalue weighted by Gasteiger charge is -2.23. The van der Waals surface area contributed by atoms with Crippen LogP contribution in [0, 0.1) is 6.92 Å². The number of rotatable bonds is 4. The molecule has 1 aliphatic rings. The second-order valence-corrected chi connectivity index (χ2v) is 9.30. The van der Waals surface area contributed by atoms with Crippen LogP contribution in [0.1, 0.15) is 22.8 Å². The van der Waals surface area contributed by atoms with Gasteiger partial charge < -0.3 is 4.90 Å². The number of carbonyl (C=O) groups excluding carboxylic acids is 1. The van der Waals surface area contributed by atoms with Crippen LogP contribution < -0.4 is 0 Å². The third kappa shape index (κ3) is 4.96. The molecule has 2 rings (SSSR count). The number of amides is 1. The quantitative estimate of drug-likeness (QED) is 0.827. The summed E-state index contributed by atoms with van der Waals surface area (Å²) in [4.78, 5) is 14.1. The minimum absolute atomic E-state index is 0.0848. The van der Waals surface area contributed by atoms with Gasteiger partial charge in [-0.05, 0) is 24.5 Å². The van der Waals surface area contributed by atoms with Gasteiger partial charge in [0.25, 0.3) is 0 Å². The maximum atomic E-state index is 12.3. The normalized spacial score (nSPS) is 19.7. The van der Waals surface area contributed by atoms with E-state index < -0.39 is 10.0 Å². The summed E-state index contributed by atoms with van der Waals surface area (Å²) in [5.74, 6) is 0.747. The van der Waals surface area contributed by atoms with E-state index in [2.05, 4.69) is 25.1 Å². The van der Waals surface area contributed by atoms with E-state index in [4.69, 9.17) is 0 Å². The first-order chi connectivity index (χ1) is 10.8. The zero-order chi connectivity index (χ0) is 17.0. The van der Waals surface area contributed by atoms with Crippen molar-refractivity contribution in [3.63, 3.8) is 0 Å². The van der Waals surface area contributed by atoms with E-state index in [0.29, 0.717) is 18.3 Å². The van der Waals surface area contributed by atoms with Crippen molar-refractivity contribution in [2.75, 3.05) is 38.7 Å². The lowest BCUT2D eigenvalue weighted by Crippen LogP contribution is -2.41. The van der Waals surface area contributed by atoms with Gasteiger partial charge >= 0.3 is 0 Å². The second-order valence-electron chi connectivity index (χ2n) is 5.90. The Balaban J connectivity index is 1.99. The largest absolute Gasteiger partial charge is 0.341 e. The third-order valence-electron chi connectivity index (χ3n) is 4.15. The number of benzene rings is 1. The molecule has 23 heavy (non-hydrogen) atoms. The van der Waals surface area contributed by atoms with E-state index in [1.807, 2.05) is 17.8 Å². The number of aryl methyl sites for hydroxylation is 1. The Morgan fingerprint density at radius 3 is 2.70 bits per heavy atom. The average Bonchev–Trinajstić information content (AvgIpc) is 2.72. The van der Waals surface area contributed by atoms with Crippen LogP contribution in [0.3, 0.4) is 0 Å². The van der Waals surface area contributed by atoms with Crippen molar-refractivity contribution in [2.24, 2.45) is 0 Å². The molecule has 1 saturated heterocycles. The number of nitrogens with zero attached hydrogens (tertiary/aromatic N) is 2. The minimum Gasteiger partial charge on any atom is -0.341 e. The van der Waals surface area contributed by atoms with Gasteiger partial charge in [-0.1, -0.05) is 24.3 Å². The summed E-state index contributed by atoms with van der Waals surface area (Å²) in [6.07, 6.45) is 2.01. The lowest BCUT2D eigenvalue weighted by atomic mass is 10.0. The Hall–Kier alpha value is -1.05. The van der Waals surface area contributed by atoms with Crippen LogP contribution in [0.25, 0.3) is 0 Å². The minimum atomic E-state index is -3.32. The molecule has 1 aliphatic heterocycles. The highest BCUT2D eigenvalue weighted by Gasteiger charge is 2.25. The van der Waals surface area contributed by atoms with Crippen molar-refractivity contribution in [1.29, 1.82) is 0 Å².